The van der Waals surface area contributed by atoms with E-state index in [4.69, 9.17) is 18.0 Å². The highest BCUT2D eigenvalue weighted by Crippen LogP contribution is 2.04. The lowest BCUT2D eigenvalue weighted by Gasteiger charge is -2.04. The summed E-state index contributed by atoms with van der Waals surface area (Å²) in [6.07, 6.45) is 0. The van der Waals surface area contributed by atoms with E-state index in [1.54, 1.807) is 0 Å². The summed E-state index contributed by atoms with van der Waals surface area (Å²) in [5.41, 5.74) is 7.30. The smallest absolute Gasteiger partial charge is 0.217 e. The molecule has 0 unspecified atom stereocenters. The van der Waals surface area contributed by atoms with Crippen LogP contribution >= 0.6 is 12.2 Å². The van der Waals surface area contributed by atoms with E-state index >= 15 is 0 Å². The fourth-order valence-corrected chi connectivity index (χ4v) is 1.19. The Bertz CT molecular complexity index is 363. The molecule has 0 aliphatic heterocycles. The Labute approximate surface area is 88.3 Å². The molecule has 0 saturated carbocycles. The Balaban J connectivity index is 2.73. The van der Waals surface area contributed by atoms with Crippen LogP contribution in [0.5, 0.6) is 0 Å². The standard InChI is InChI=1S/C10H12N2OS/c1-7(13)12-6-8-3-2-4-9(5-8)10(11)14/h2-5H,6H2,1H3,(H2,11,14)(H,12,13). The van der Waals surface area contributed by atoms with Gasteiger partial charge in [0.05, 0.1) is 0 Å². The molecule has 1 aromatic carbocycles. The second kappa shape index (κ2) is 4.72. The van der Waals surface area contributed by atoms with Crippen molar-refractivity contribution in [3.63, 3.8) is 0 Å². The number of amides is 1. The fraction of sp³-hybridized carbons (Fsp3) is 0.200. The Morgan fingerprint density at radius 3 is 2.86 bits per heavy atom. The normalized spacial score (nSPS) is 9.50. The van der Waals surface area contributed by atoms with Crippen molar-refractivity contribution in [1.82, 2.24) is 5.32 Å². The van der Waals surface area contributed by atoms with Crippen molar-refractivity contribution < 1.29 is 4.79 Å². The zero-order valence-corrected chi connectivity index (χ0v) is 8.73. The van der Waals surface area contributed by atoms with Crippen LogP contribution in [-0.2, 0) is 11.3 Å². The van der Waals surface area contributed by atoms with Crippen LogP contribution in [0.4, 0.5) is 0 Å². The van der Waals surface area contributed by atoms with Gasteiger partial charge in [-0.2, -0.15) is 0 Å². The van der Waals surface area contributed by atoms with Crippen LogP contribution in [0.15, 0.2) is 24.3 Å². The SMILES string of the molecule is CC(=O)NCc1cccc(C(N)=S)c1. The van der Waals surface area contributed by atoms with E-state index in [1.165, 1.54) is 6.92 Å². The van der Waals surface area contributed by atoms with Crippen molar-refractivity contribution >= 4 is 23.1 Å². The molecule has 0 heterocycles. The Kier molecular flexibility index (Phi) is 3.59. The summed E-state index contributed by atoms with van der Waals surface area (Å²) in [5.74, 6) is -0.0503. The van der Waals surface area contributed by atoms with E-state index in [0.29, 0.717) is 11.5 Å². The molecule has 0 saturated heterocycles. The summed E-state index contributed by atoms with van der Waals surface area (Å²) in [4.78, 5) is 11.0. The van der Waals surface area contributed by atoms with Gasteiger partial charge in [-0.25, -0.2) is 0 Å². The minimum absolute atomic E-state index is 0.0503. The fourth-order valence-electron chi connectivity index (χ4n) is 1.06. The van der Waals surface area contributed by atoms with Crippen LogP contribution in [0.25, 0.3) is 0 Å². The monoisotopic (exact) mass is 208 g/mol. The van der Waals surface area contributed by atoms with E-state index in [-0.39, 0.29) is 5.91 Å². The second-order valence-corrected chi connectivity index (χ2v) is 3.41. The molecule has 0 bridgehead atoms. The number of nitrogens with one attached hydrogen (secondary N) is 1. The highest BCUT2D eigenvalue weighted by Gasteiger charge is 1.98. The van der Waals surface area contributed by atoms with E-state index in [0.717, 1.165) is 11.1 Å². The first-order valence-corrected chi connectivity index (χ1v) is 4.63. The van der Waals surface area contributed by atoms with Crippen molar-refractivity contribution in [1.29, 1.82) is 0 Å². The van der Waals surface area contributed by atoms with Gasteiger partial charge in [-0.05, 0) is 11.6 Å². The maximum absolute atomic E-state index is 10.7. The van der Waals surface area contributed by atoms with Gasteiger partial charge in [-0.3, -0.25) is 4.79 Å². The number of rotatable bonds is 3. The number of carbonyl (C=O) groups is 1. The van der Waals surface area contributed by atoms with Crippen molar-refractivity contribution in [3.8, 4) is 0 Å². The van der Waals surface area contributed by atoms with Gasteiger partial charge in [0.15, 0.2) is 0 Å². The molecule has 1 rings (SSSR count). The molecule has 0 aliphatic rings. The highest BCUT2D eigenvalue weighted by molar-refractivity contribution is 7.80. The molecule has 0 atom stereocenters. The van der Waals surface area contributed by atoms with E-state index in [1.807, 2.05) is 24.3 Å². The predicted molar refractivity (Wildman–Crippen MR) is 59.9 cm³/mol. The molecule has 4 heteroatoms. The molecule has 14 heavy (non-hydrogen) atoms. The summed E-state index contributed by atoms with van der Waals surface area (Å²) in [5, 5.41) is 2.70. The third-order valence-electron chi connectivity index (χ3n) is 1.75. The van der Waals surface area contributed by atoms with Gasteiger partial charge in [0.2, 0.25) is 5.91 Å². The van der Waals surface area contributed by atoms with Crippen LogP contribution in [0.2, 0.25) is 0 Å². The maximum atomic E-state index is 10.7. The lowest BCUT2D eigenvalue weighted by atomic mass is 10.1. The van der Waals surface area contributed by atoms with Gasteiger partial charge in [0.25, 0.3) is 0 Å². The van der Waals surface area contributed by atoms with Gasteiger partial charge in [0, 0.05) is 19.0 Å². The minimum atomic E-state index is -0.0503. The first kappa shape index (κ1) is 10.7. The second-order valence-electron chi connectivity index (χ2n) is 2.97. The predicted octanol–water partition coefficient (Wildman–Crippen LogP) is 0.957. The van der Waals surface area contributed by atoms with Crippen molar-refractivity contribution in [2.75, 3.05) is 0 Å². The number of carbonyl (C=O) groups excluding carboxylic acids is 1. The van der Waals surface area contributed by atoms with Gasteiger partial charge >= 0.3 is 0 Å². The van der Waals surface area contributed by atoms with Crippen LogP contribution in [0, 0.1) is 0 Å². The van der Waals surface area contributed by atoms with Crippen LogP contribution in [-0.4, -0.2) is 10.9 Å². The Morgan fingerprint density at radius 2 is 2.29 bits per heavy atom. The number of benzene rings is 1. The lowest BCUT2D eigenvalue weighted by Crippen LogP contribution is -2.19. The third-order valence-corrected chi connectivity index (χ3v) is 1.99. The number of nitrogens with two attached hydrogens (primary N) is 1. The summed E-state index contributed by atoms with van der Waals surface area (Å²) in [6, 6.07) is 7.50. The van der Waals surface area contributed by atoms with Crippen molar-refractivity contribution in [3.05, 3.63) is 35.4 Å². The molecule has 0 spiro atoms. The maximum Gasteiger partial charge on any atom is 0.217 e. The topological polar surface area (TPSA) is 55.1 Å². The zero-order valence-electron chi connectivity index (χ0n) is 7.91. The van der Waals surface area contributed by atoms with Crippen LogP contribution < -0.4 is 11.1 Å². The minimum Gasteiger partial charge on any atom is -0.389 e. The van der Waals surface area contributed by atoms with Gasteiger partial charge in [-0.15, -0.1) is 0 Å². The van der Waals surface area contributed by atoms with Gasteiger partial charge in [-0.1, -0.05) is 30.4 Å². The Morgan fingerprint density at radius 1 is 1.57 bits per heavy atom. The quantitative estimate of drug-likeness (QED) is 0.727. The van der Waals surface area contributed by atoms with E-state index in [2.05, 4.69) is 5.32 Å². The largest absolute Gasteiger partial charge is 0.389 e. The first-order valence-electron chi connectivity index (χ1n) is 4.23. The Hall–Kier alpha value is -1.42. The highest BCUT2D eigenvalue weighted by atomic mass is 32.1. The van der Waals surface area contributed by atoms with E-state index < -0.39 is 0 Å². The van der Waals surface area contributed by atoms with E-state index in [9.17, 15) is 4.79 Å². The molecule has 1 amide bonds. The van der Waals surface area contributed by atoms with Crippen LogP contribution in [0.1, 0.15) is 18.1 Å². The van der Waals surface area contributed by atoms with Gasteiger partial charge < -0.3 is 11.1 Å². The summed E-state index contributed by atoms with van der Waals surface area (Å²) in [7, 11) is 0. The third kappa shape index (κ3) is 3.14. The molecule has 0 aromatic heterocycles. The average Bonchev–Trinajstić information content (AvgIpc) is 2.15. The number of hydrogen-bond acceptors (Lipinski definition) is 2. The molecule has 0 fully saturated rings. The number of thiocarbonyl (C=S) groups is 1. The molecular formula is C10H12N2OS. The average molecular weight is 208 g/mol. The molecule has 0 aliphatic carbocycles. The molecular weight excluding hydrogens is 196 g/mol. The molecule has 0 radical (unpaired) electrons. The summed E-state index contributed by atoms with van der Waals surface area (Å²) >= 11 is 4.85. The molecule has 3 N–H and O–H groups in total. The molecule has 1 aromatic rings. The van der Waals surface area contributed by atoms with Crippen molar-refractivity contribution in [2.24, 2.45) is 5.73 Å². The molecule has 3 nitrogen and oxygen atoms in total. The molecule has 74 valence electrons. The van der Waals surface area contributed by atoms with Gasteiger partial charge in [0.1, 0.15) is 4.99 Å². The van der Waals surface area contributed by atoms with Crippen LogP contribution in [0.3, 0.4) is 0 Å². The summed E-state index contributed by atoms with van der Waals surface area (Å²) < 4.78 is 0. The summed E-state index contributed by atoms with van der Waals surface area (Å²) in [6.45, 7) is 1.99. The number of hydrogen-bond donors (Lipinski definition) is 2. The first-order chi connectivity index (χ1) is 6.59. The van der Waals surface area contributed by atoms with Crippen molar-refractivity contribution in [2.45, 2.75) is 13.5 Å². The zero-order chi connectivity index (χ0) is 10.6. The lowest BCUT2D eigenvalue weighted by molar-refractivity contribution is -0.119.